The summed E-state index contributed by atoms with van der Waals surface area (Å²) in [5.74, 6) is -0.498. The van der Waals surface area contributed by atoms with Gasteiger partial charge in [0.25, 0.3) is 0 Å². The van der Waals surface area contributed by atoms with Crippen molar-refractivity contribution in [2.24, 2.45) is 5.92 Å². The average molecular weight is 662 g/mol. The van der Waals surface area contributed by atoms with Gasteiger partial charge in [0.2, 0.25) is 5.88 Å². The van der Waals surface area contributed by atoms with Gasteiger partial charge >= 0.3 is 18.2 Å². The molecule has 0 bridgehead atoms. The number of benzene rings is 1. The highest BCUT2D eigenvalue weighted by Crippen LogP contribution is 2.42. The maximum atomic E-state index is 16.6. The van der Waals surface area contributed by atoms with Gasteiger partial charge in [0.05, 0.1) is 18.3 Å². The van der Waals surface area contributed by atoms with E-state index in [1.807, 2.05) is 0 Å². The molecule has 0 saturated heterocycles. The van der Waals surface area contributed by atoms with E-state index in [1.165, 1.54) is 17.3 Å². The number of rotatable bonds is 4. The number of nitrogens with zero attached hydrogens (tertiary/aromatic N) is 4. The molecule has 3 heterocycles. The van der Waals surface area contributed by atoms with Crippen molar-refractivity contribution in [3.63, 3.8) is 0 Å². The SMILES string of the molecule is Cc1c(-c2cc3cc(NC(=O)N[C@@H]4CC[C@H](C#N)C4)ncc3c(NC(=O)OC(C)(C)C)c2F)cnc2c1N(C(=O)OC(C)(C)C)CCO2. The molecule has 1 fully saturated rings. The van der Waals surface area contributed by atoms with Crippen molar-refractivity contribution in [2.75, 3.05) is 28.7 Å². The van der Waals surface area contributed by atoms with Crippen molar-refractivity contribution in [2.45, 2.75) is 85.0 Å². The first-order valence-electron chi connectivity index (χ1n) is 15.8. The van der Waals surface area contributed by atoms with Crippen molar-refractivity contribution < 1.29 is 33.0 Å². The number of nitriles is 1. The molecule has 1 aliphatic heterocycles. The minimum Gasteiger partial charge on any atom is -0.474 e. The maximum Gasteiger partial charge on any atom is 0.415 e. The molecule has 13 nitrogen and oxygen atoms in total. The molecule has 254 valence electrons. The highest BCUT2D eigenvalue weighted by atomic mass is 19.1. The molecule has 2 aliphatic rings. The number of carbonyl (C=O) groups is 3. The number of anilines is 3. The summed E-state index contributed by atoms with van der Waals surface area (Å²) in [5, 5.41) is 18.0. The third kappa shape index (κ3) is 7.67. The van der Waals surface area contributed by atoms with Gasteiger partial charge in [-0.1, -0.05) is 0 Å². The standard InChI is InChI=1S/C34H40FN7O6/c1-18-23(16-38-29-28(18)42(10-11-46-29)32(45)48-34(5,6)7)22-13-20-14-25(40-30(43)39-21-9-8-19(12-21)15-36)37-17-24(20)27(26(22)35)41-31(44)47-33(2,3)4/h13-14,16-17,19,21H,8-12H2,1-7H3,(H,41,44)(H2,37,39,40,43)/t19-,21+/m0/s1. The molecule has 2 aromatic heterocycles. The predicted molar refractivity (Wildman–Crippen MR) is 177 cm³/mol. The number of pyridine rings is 2. The molecular weight excluding hydrogens is 621 g/mol. The minimum absolute atomic E-state index is 0.0613. The Morgan fingerprint density at radius 2 is 1.75 bits per heavy atom. The quantitative estimate of drug-likeness (QED) is 0.266. The van der Waals surface area contributed by atoms with Crippen LogP contribution in [-0.4, -0.2) is 58.6 Å². The second kappa shape index (κ2) is 13.1. The summed E-state index contributed by atoms with van der Waals surface area (Å²) in [6, 6.07) is 4.73. The number of amides is 4. The summed E-state index contributed by atoms with van der Waals surface area (Å²) < 4.78 is 33.4. The van der Waals surface area contributed by atoms with Crippen LogP contribution in [0.3, 0.4) is 0 Å². The fourth-order valence-electron chi connectivity index (χ4n) is 5.74. The van der Waals surface area contributed by atoms with Crippen LogP contribution in [0.4, 0.5) is 36.0 Å². The third-order valence-electron chi connectivity index (χ3n) is 7.78. The molecule has 5 rings (SSSR count). The van der Waals surface area contributed by atoms with Crippen LogP contribution in [-0.2, 0) is 9.47 Å². The van der Waals surface area contributed by atoms with E-state index < -0.39 is 35.2 Å². The number of carbonyl (C=O) groups excluding carboxylic acids is 3. The molecule has 14 heteroatoms. The highest BCUT2D eigenvalue weighted by molar-refractivity contribution is 6.05. The van der Waals surface area contributed by atoms with E-state index in [4.69, 9.17) is 14.2 Å². The first kappa shape index (κ1) is 34.2. The monoisotopic (exact) mass is 661 g/mol. The zero-order valence-electron chi connectivity index (χ0n) is 28.1. The van der Waals surface area contributed by atoms with E-state index in [9.17, 15) is 19.6 Å². The zero-order chi connectivity index (χ0) is 35.0. The van der Waals surface area contributed by atoms with Crippen LogP contribution in [0.5, 0.6) is 5.88 Å². The Balaban J connectivity index is 1.57. The molecule has 3 aromatic rings. The number of aromatic nitrogens is 2. The van der Waals surface area contributed by atoms with Crippen molar-refractivity contribution in [3.8, 4) is 23.1 Å². The number of ether oxygens (including phenoxy) is 3. The fraction of sp³-hybridized carbons (Fsp3) is 0.471. The van der Waals surface area contributed by atoms with Crippen molar-refractivity contribution >= 4 is 46.2 Å². The largest absolute Gasteiger partial charge is 0.474 e. The molecule has 4 amide bonds. The molecule has 48 heavy (non-hydrogen) atoms. The molecule has 3 N–H and O–H groups in total. The molecule has 1 saturated carbocycles. The Bertz CT molecular complexity index is 1810. The first-order chi connectivity index (χ1) is 22.5. The number of urea groups is 1. The summed E-state index contributed by atoms with van der Waals surface area (Å²) in [6.45, 7) is 12.5. The lowest BCUT2D eigenvalue weighted by Crippen LogP contribution is -2.42. The number of nitrogens with one attached hydrogen (secondary N) is 3. The minimum atomic E-state index is -0.876. The van der Waals surface area contributed by atoms with Gasteiger partial charge < -0.3 is 19.5 Å². The van der Waals surface area contributed by atoms with Crippen LogP contribution in [0.1, 0.15) is 66.4 Å². The first-order valence-corrected chi connectivity index (χ1v) is 15.8. The summed E-state index contributed by atoms with van der Waals surface area (Å²) in [7, 11) is 0. The summed E-state index contributed by atoms with van der Waals surface area (Å²) in [6.07, 6.45) is 3.31. The van der Waals surface area contributed by atoms with Gasteiger partial charge in [-0.2, -0.15) is 5.26 Å². The summed E-state index contributed by atoms with van der Waals surface area (Å²) >= 11 is 0. The summed E-state index contributed by atoms with van der Waals surface area (Å²) in [4.78, 5) is 49.0. The number of hydrogen-bond donors (Lipinski definition) is 3. The van der Waals surface area contributed by atoms with Gasteiger partial charge in [-0.3, -0.25) is 15.5 Å². The number of halogens is 1. The van der Waals surface area contributed by atoms with Crippen molar-refractivity contribution in [1.82, 2.24) is 15.3 Å². The van der Waals surface area contributed by atoms with E-state index in [2.05, 4.69) is 32.0 Å². The molecule has 0 spiro atoms. The average Bonchev–Trinajstić information content (AvgIpc) is 3.44. The van der Waals surface area contributed by atoms with Crippen molar-refractivity contribution in [1.29, 1.82) is 5.26 Å². The Hall–Kier alpha value is -5.19. The third-order valence-corrected chi connectivity index (χ3v) is 7.78. The van der Waals surface area contributed by atoms with Gasteiger partial charge in [0.1, 0.15) is 29.3 Å². The lowest BCUT2D eigenvalue weighted by molar-refractivity contribution is 0.0564. The topological polar surface area (TPSA) is 168 Å². The van der Waals surface area contributed by atoms with E-state index in [-0.39, 0.29) is 53.4 Å². The normalized spacial score (nSPS) is 17.5. The van der Waals surface area contributed by atoms with Crippen LogP contribution in [0, 0.1) is 30.0 Å². The van der Waals surface area contributed by atoms with E-state index in [1.54, 1.807) is 60.6 Å². The molecule has 1 aliphatic carbocycles. The maximum absolute atomic E-state index is 16.6. The Morgan fingerprint density at radius 1 is 1.02 bits per heavy atom. The fourth-order valence-corrected chi connectivity index (χ4v) is 5.74. The van der Waals surface area contributed by atoms with E-state index in [0.29, 0.717) is 35.0 Å². The van der Waals surface area contributed by atoms with Crippen LogP contribution in [0.15, 0.2) is 24.5 Å². The van der Waals surface area contributed by atoms with Gasteiger partial charge in [-0.05, 0) is 90.8 Å². The Labute approximate surface area is 278 Å². The molecule has 0 unspecified atom stereocenters. The van der Waals surface area contributed by atoms with Crippen molar-refractivity contribution in [3.05, 3.63) is 35.9 Å². The molecule has 0 radical (unpaired) electrons. The zero-order valence-corrected chi connectivity index (χ0v) is 28.1. The Morgan fingerprint density at radius 3 is 2.42 bits per heavy atom. The lowest BCUT2D eigenvalue weighted by Gasteiger charge is -2.32. The highest BCUT2D eigenvalue weighted by Gasteiger charge is 2.33. The second-order valence-corrected chi connectivity index (χ2v) is 13.9. The second-order valence-electron chi connectivity index (χ2n) is 13.9. The molecule has 1 aromatic carbocycles. The number of hydrogen-bond acceptors (Lipinski definition) is 9. The van der Waals surface area contributed by atoms with Gasteiger partial charge in [-0.15, -0.1) is 0 Å². The van der Waals surface area contributed by atoms with Gasteiger partial charge in [0, 0.05) is 40.9 Å². The number of fused-ring (bicyclic) bond motifs is 2. The van der Waals surface area contributed by atoms with Crippen LogP contribution >= 0.6 is 0 Å². The van der Waals surface area contributed by atoms with Crippen LogP contribution in [0.25, 0.3) is 21.9 Å². The Kier molecular flexibility index (Phi) is 9.35. The predicted octanol–water partition coefficient (Wildman–Crippen LogP) is 7.04. The van der Waals surface area contributed by atoms with E-state index >= 15 is 4.39 Å². The van der Waals surface area contributed by atoms with Crippen LogP contribution in [0.2, 0.25) is 0 Å². The molecule has 2 atom stereocenters. The summed E-state index contributed by atoms with van der Waals surface area (Å²) in [5.41, 5.74) is -0.574. The van der Waals surface area contributed by atoms with E-state index in [0.717, 1.165) is 6.42 Å². The molecular formula is C34H40FN7O6. The lowest BCUT2D eigenvalue weighted by atomic mass is 9.96. The van der Waals surface area contributed by atoms with Gasteiger partial charge in [0.15, 0.2) is 5.82 Å². The van der Waals surface area contributed by atoms with Crippen LogP contribution < -0.4 is 25.6 Å². The van der Waals surface area contributed by atoms with Gasteiger partial charge in [-0.25, -0.2) is 28.7 Å². The smallest absolute Gasteiger partial charge is 0.415 e.